The number of phenols is 1. The van der Waals surface area contributed by atoms with Crippen LogP contribution in [0.4, 0.5) is 0 Å². The Kier molecular flexibility index (Phi) is 5.03. The van der Waals surface area contributed by atoms with Gasteiger partial charge in [-0.2, -0.15) is 0 Å². The summed E-state index contributed by atoms with van der Waals surface area (Å²) in [5.41, 5.74) is 2.15. The van der Waals surface area contributed by atoms with E-state index in [1.807, 2.05) is 36.1 Å². The van der Waals surface area contributed by atoms with Crippen molar-refractivity contribution in [3.8, 4) is 5.75 Å². The molecule has 1 fully saturated rings. The van der Waals surface area contributed by atoms with E-state index in [1.54, 1.807) is 23.1 Å². The Bertz CT molecular complexity index is 788. The van der Waals surface area contributed by atoms with E-state index in [0.717, 1.165) is 17.5 Å². The van der Waals surface area contributed by atoms with E-state index in [4.69, 9.17) is 0 Å². The van der Waals surface area contributed by atoms with Crippen molar-refractivity contribution in [3.63, 3.8) is 0 Å². The molecule has 130 valence electrons. The second kappa shape index (κ2) is 7.38. The molecule has 1 aliphatic heterocycles. The molecule has 25 heavy (non-hydrogen) atoms. The largest absolute Gasteiger partial charge is 0.508 e. The zero-order chi connectivity index (χ0) is 17.8. The summed E-state index contributed by atoms with van der Waals surface area (Å²) < 4.78 is 0. The van der Waals surface area contributed by atoms with Gasteiger partial charge in [0.25, 0.3) is 11.8 Å². The van der Waals surface area contributed by atoms with Crippen LogP contribution in [0.15, 0.2) is 48.5 Å². The second-order valence-corrected chi connectivity index (χ2v) is 6.30. The first-order valence-electron chi connectivity index (χ1n) is 8.49. The quantitative estimate of drug-likeness (QED) is 0.916. The van der Waals surface area contributed by atoms with Crippen LogP contribution in [0.5, 0.6) is 5.75 Å². The molecule has 2 aromatic carbocycles. The molecule has 0 bridgehead atoms. The molecule has 3 rings (SSSR count). The highest BCUT2D eigenvalue weighted by atomic mass is 16.3. The van der Waals surface area contributed by atoms with E-state index in [2.05, 4.69) is 0 Å². The average Bonchev–Trinajstić information content (AvgIpc) is 2.87. The molecule has 2 aromatic rings. The monoisotopic (exact) mass is 338 g/mol. The molecule has 5 nitrogen and oxygen atoms in total. The first-order valence-corrected chi connectivity index (χ1v) is 8.49. The first kappa shape index (κ1) is 17.0. The number of amides is 2. The molecule has 1 saturated heterocycles. The Hall–Kier alpha value is -2.82. The molecule has 1 N–H and O–H groups in total. The van der Waals surface area contributed by atoms with Crippen LogP contribution >= 0.6 is 0 Å². The third-order valence-corrected chi connectivity index (χ3v) is 4.54. The fourth-order valence-corrected chi connectivity index (χ4v) is 3.13. The minimum atomic E-state index is -0.110. The van der Waals surface area contributed by atoms with Crippen LogP contribution in [0.25, 0.3) is 0 Å². The molecule has 1 heterocycles. The van der Waals surface area contributed by atoms with E-state index < -0.39 is 0 Å². The summed E-state index contributed by atoms with van der Waals surface area (Å²) in [5.74, 6) is -0.0112. The number of aromatic hydroxyl groups is 1. The average molecular weight is 338 g/mol. The van der Waals surface area contributed by atoms with Gasteiger partial charge >= 0.3 is 0 Å². The molecule has 1 aliphatic rings. The fraction of sp³-hybridized carbons (Fsp3) is 0.300. The van der Waals surface area contributed by atoms with Crippen molar-refractivity contribution < 1.29 is 14.7 Å². The molecule has 0 atom stereocenters. The highest BCUT2D eigenvalue weighted by Gasteiger charge is 2.24. The van der Waals surface area contributed by atoms with Crippen molar-refractivity contribution in [2.45, 2.75) is 13.3 Å². The van der Waals surface area contributed by atoms with Crippen molar-refractivity contribution in [3.05, 3.63) is 65.2 Å². The van der Waals surface area contributed by atoms with Crippen molar-refractivity contribution >= 4 is 11.8 Å². The van der Waals surface area contributed by atoms with Crippen molar-refractivity contribution in [1.29, 1.82) is 0 Å². The van der Waals surface area contributed by atoms with Crippen LogP contribution in [0.1, 0.15) is 32.7 Å². The van der Waals surface area contributed by atoms with Crippen molar-refractivity contribution in [1.82, 2.24) is 9.80 Å². The Morgan fingerprint density at radius 2 is 1.56 bits per heavy atom. The molecule has 0 saturated carbocycles. The summed E-state index contributed by atoms with van der Waals surface area (Å²) in [4.78, 5) is 28.9. The summed E-state index contributed by atoms with van der Waals surface area (Å²) >= 11 is 0. The summed E-state index contributed by atoms with van der Waals surface area (Å²) in [6.45, 7) is 4.18. The van der Waals surface area contributed by atoms with E-state index in [1.165, 1.54) is 6.07 Å². The number of benzene rings is 2. The van der Waals surface area contributed by atoms with Gasteiger partial charge in [0.05, 0.1) is 0 Å². The van der Waals surface area contributed by atoms with Gasteiger partial charge in [0, 0.05) is 37.3 Å². The molecule has 0 unspecified atom stereocenters. The lowest BCUT2D eigenvalue weighted by atomic mass is 10.1. The molecular formula is C20H22N2O3. The van der Waals surface area contributed by atoms with Gasteiger partial charge in [0.15, 0.2) is 0 Å². The predicted octanol–water partition coefficient (Wildman–Crippen LogP) is 2.69. The number of rotatable bonds is 2. The summed E-state index contributed by atoms with van der Waals surface area (Å²) in [5, 5.41) is 9.56. The SMILES string of the molecule is Cc1ccccc1C(=O)N1CCCN(C(=O)c2cccc(O)c2)CC1. The lowest BCUT2D eigenvalue weighted by molar-refractivity contribution is 0.0718. The Labute approximate surface area is 147 Å². The van der Waals surface area contributed by atoms with Crippen LogP contribution in [-0.2, 0) is 0 Å². The van der Waals surface area contributed by atoms with Gasteiger partial charge < -0.3 is 14.9 Å². The zero-order valence-electron chi connectivity index (χ0n) is 14.3. The third kappa shape index (κ3) is 3.82. The maximum Gasteiger partial charge on any atom is 0.254 e. The fourth-order valence-electron chi connectivity index (χ4n) is 3.13. The Morgan fingerprint density at radius 1 is 0.880 bits per heavy atom. The number of carbonyl (C=O) groups excluding carboxylic acids is 2. The van der Waals surface area contributed by atoms with Crippen LogP contribution in [0.2, 0.25) is 0 Å². The molecule has 2 amide bonds. The van der Waals surface area contributed by atoms with Crippen molar-refractivity contribution in [2.75, 3.05) is 26.2 Å². The topological polar surface area (TPSA) is 60.9 Å². The summed E-state index contributed by atoms with van der Waals surface area (Å²) in [6, 6.07) is 13.9. The number of nitrogens with zero attached hydrogens (tertiary/aromatic N) is 2. The second-order valence-electron chi connectivity index (χ2n) is 6.30. The lowest BCUT2D eigenvalue weighted by Gasteiger charge is -2.23. The maximum atomic E-state index is 12.8. The Morgan fingerprint density at radius 3 is 2.24 bits per heavy atom. The van der Waals surface area contributed by atoms with Gasteiger partial charge in [-0.25, -0.2) is 0 Å². The van der Waals surface area contributed by atoms with Gasteiger partial charge in [-0.3, -0.25) is 9.59 Å². The van der Waals surface area contributed by atoms with E-state index in [9.17, 15) is 14.7 Å². The third-order valence-electron chi connectivity index (χ3n) is 4.54. The van der Waals surface area contributed by atoms with Gasteiger partial charge in [-0.1, -0.05) is 24.3 Å². The van der Waals surface area contributed by atoms with Gasteiger partial charge in [0.1, 0.15) is 5.75 Å². The lowest BCUT2D eigenvalue weighted by Crippen LogP contribution is -2.37. The number of phenolic OH excluding ortho intramolecular Hbond substituents is 1. The van der Waals surface area contributed by atoms with Crippen molar-refractivity contribution in [2.24, 2.45) is 0 Å². The van der Waals surface area contributed by atoms with Gasteiger partial charge in [0.2, 0.25) is 0 Å². The molecule has 5 heteroatoms. The molecule has 0 spiro atoms. The Balaban J connectivity index is 1.69. The standard InChI is InChI=1S/C20H22N2O3/c1-15-6-2-3-9-18(15)20(25)22-11-5-10-21(12-13-22)19(24)16-7-4-8-17(23)14-16/h2-4,6-9,14,23H,5,10-13H2,1H3. The number of aryl methyl sites for hydroxylation is 1. The van der Waals surface area contributed by atoms with Crippen LogP contribution in [0, 0.1) is 6.92 Å². The van der Waals surface area contributed by atoms with E-state index in [-0.39, 0.29) is 17.6 Å². The molecule has 0 radical (unpaired) electrons. The molecular weight excluding hydrogens is 316 g/mol. The van der Waals surface area contributed by atoms with Crippen LogP contribution < -0.4 is 0 Å². The van der Waals surface area contributed by atoms with Gasteiger partial charge in [-0.15, -0.1) is 0 Å². The van der Waals surface area contributed by atoms with Crippen LogP contribution in [-0.4, -0.2) is 52.9 Å². The van der Waals surface area contributed by atoms with Crippen LogP contribution in [0.3, 0.4) is 0 Å². The normalized spacial score (nSPS) is 14.9. The first-order chi connectivity index (χ1) is 12.1. The predicted molar refractivity (Wildman–Crippen MR) is 95.7 cm³/mol. The number of hydrogen-bond donors (Lipinski definition) is 1. The molecule has 0 aliphatic carbocycles. The highest BCUT2D eigenvalue weighted by Crippen LogP contribution is 2.16. The maximum absolute atomic E-state index is 12.8. The smallest absolute Gasteiger partial charge is 0.254 e. The summed E-state index contributed by atoms with van der Waals surface area (Å²) in [7, 11) is 0. The molecule has 0 aromatic heterocycles. The van der Waals surface area contributed by atoms with E-state index in [0.29, 0.717) is 31.7 Å². The number of hydrogen-bond acceptors (Lipinski definition) is 3. The summed E-state index contributed by atoms with van der Waals surface area (Å²) in [6.07, 6.45) is 0.738. The zero-order valence-corrected chi connectivity index (χ0v) is 14.3. The minimum absolute atomic E-state index is 0.0183. The van der Waals surface area contributed by atoms with E-state index >= 15 is 0 Å². The highest BCUT2D eigenvalue weighted by molar-refractivity contribution is 5.96. The minimum Gasteiger partial charge on any atom is -0.508 e. The van der Waals surface area contributed by atoms with Gasteiger partial charge in [-0.05, 0) is 43.2 Å². The number of carbonyl (C=O) groups is 2.